The molecule has 0 aliphatic carbocycles. The van der Waals surface area contributed by atoms with E-state index in [1.54, 1.807) is 6.26 Å². The van der Waals surface area contributed by atoms with Crippen molar-refractivity contribution in [3.05, 3.63) is 53.5 Å². The van der Waals surface area contributed by atoms with Gasteiger partial charge in [0.15, 0.2) is 0 Å². The summed E-state index contributed by atoms with van der Waals surface area (Å²) in [7, 11) is 0. The Bertz CT molecular complexity index is 405. The van der Waals surface area contributed by atoms with Gasteiger partial charge in [0.2, 0.25) is 0 Å². The van der Waals surface area contributed by atoms with E-state index < -0.39 is 0 Å². The number of rotatable bonds is 5. The average Bonchev–Trinajstić information content (AvgIpc) is 2.63. The van der Waals surface area contributed by atoms with Gasteiger partial charge in [0.05, 0.1) is 6.26 Å². The third kappa shape index (κ3) is 4.35. The predicted octanol–water partition coefficient (Wildman–Crippen LogP) is 4.90. The van der Waals surface area contributed by atoms with Crippen LogP contribution in [0.25, 0.3) is 6.08 Å². The van der Waals surface area contributed by atoms with E-state index in [-0.39, 0.29) is 0 Å². The van der Waals surface area contributed by atoms with Crippen LogP contribution in [-0.2, 0) is 0 Å². The lowest BCUT2D eigenvalue weighted by Crippen LogP contribution is -1.77. The van der Waals surface area contributed by atoms with Crippen molar-refractivity contribution in [1.82, 2.24) is 0 Å². The molecule has 1 rings (SSSR count). The predicted molar refractivity (Wildman–Crippen MR) is 70.3 cm³/mol. The zero-order chi connectivity index (χ0) is 12.0. The smallest absolute Gasteiger partial charge is 0.126 e. The number of furan rings is 1. The zero-order valence-electron chi connectivity index (χ0n) is 10.4. The molecule has 0 N–H and O–H groups in total. The van der Waals surface area contributed by atoms with Gasteiger partial charge in [-0.15, -0.1) is 0 Å². The van der Waals surface area contributed by atoms with E-state index in [0.717, 1.165) is 18.6 Å². The quantitative estimate of drug-likeness (QED) is 0.638. The van der Waals surface area contributed by atoms with Crippen LogP contribution in [0.2, 0.25) is 0 Å². The van der Waals surface area contributed by atoms with Crippen LogP contribution in [0.1, 0.15) is 38.0 Å². The first kappa shape index (κ1) is 12.6. The number of hydrogen-bond acceptors (Lipinski definition) is 1. The summed E-state index contributed by atoms with van der Waals surface area (Å²) in [5, 5.41) is 0. The van der Waals surface area contributed by atoms with Crippen LogP contribution >= 0.6 is 0 Å². The maximum absolute atomic E-state index is 5.38. The van der Waals surface area contributed by atoms with Gasteiger partial charge in [-0.1, -0.05) is 29.9 Å². The minimum atomic E-state index is 0.944. The van der Waals surface area contributed by atoms with Crippen LogP contribution in [0.3, 0.4) is 0 Å². The highest BCUT2D eigenvalue weighted by Crippen LogP contribution is 2.14. The van der Waals surface area contributed by atoms with Crippen LogP contribution in [0, 0.1) is 6.92 Å². The first-order valence-corrected chi connectivity index (χ1v) is 5.63. The maximum Gasteiger partial charge on any atom is 0.126 e. The normalized spacial score (nSPS) is 12.9. The monoisotopic (exact) mass is 216 g/mol. The molecule has 86 valence electrons. The zero-order valence-corrected chi connectivity index (χ0v) is 10.4. The summed E-state index contributed by atoms with van der Waals surface area (Å²) in [6.07, 6.45) is 10.1. The molecular weight excluding hydrogens is 196 g/mol. The molecular formula is C15H20O. The molecule has 0 saturated carbocycles. The lowest BCUT2D eigenvalue weighted by molar-refractivity contribution is 0.554. The van der Waals surface area contributed by atoms with E-state index in [4.69, 9.17) is 4.42 Å². The molecule has 0 aliphatic rings. The Morgan fingerprint density at radius 1 is 1.44 bits per heavy atom. The third-order valence-corrected chi connectivity index (χ3v) is 2.47. The molecule has 1 nitrogen and oxygen atoms in total. The van der Waals surface area contributed by atoms with E-state index in [2.05, 4.69) is 32.6 Å². The first-order valence-electron chi connectivity index (χ1n) is 5.63. The summed E-state index contributed by atoms with van der Waals surface area (Å²) in [5.41, 5.74) is 3.74. The van der Waals surface area contributed by atoms with E-state index in [0.29, 0.717) is 0 Å². The molecule has 16 heavy (non-hydrogen) atoms. The molecule has 0 saturated heterocycles. The number of aryl methyl sites for hydroxylation is 1. The van der Waals surface area contributed by atoms with E-state index in [1.165, 1.54) is 16.7 Å². The van der Waals surface area contributed by atoms with Crippen LogP contribution in [0.5, 0.6) is 0 Å². The second-order valence-corrected chi connectivity index (χ2v) is 4.21. The average molecular weight is 216 g/mol. The Morgan fingerprint density at radius 3 is 2.75 bits per heavy atom. The number of hydrogen-bond donors (Lipinski definition) is 0. The first-order chi connectivity index (χ1) is 7.61. The largest absolute Gasteiger partial charge is 0.465 e. The minimum Gasteiger partial charge on any atom is -0.465 e. The molecule has 1 aromatic rings. The van der Waals surface area contributed by atoms with E-state index in [1.807, 2.05) is 19.1 Å². The summed E-state index contributed by atoms with van der Waals surface area (Å²) in [6, 6.07) is 2.05. The summed E-state index contributed by atoms with van der Waals surface area (Å²) < 4.78 is 5.38. The second-order valence-electron chi connectivity index (χ2n) is 4.21. The van der Waals surface area contributed by atoms with Gasteiger partial charge in [0, 0.05) is 0 Å². The number of allylic oxidation sites excluding steroid dienone is 4. The van der Waals surface area contributed by atoms with Gasteiger partial charge >= 0.3 is 0 Å². The van der Waals surface area contributed by atoms with Crippen LogP contribution in [0.15, 0.2) is 46.6 Å². The molecule has 0 bridgehead atoms. The summed E-state index contributed by atoms with van der Waals surface area (Å²) >= 11 is 0. The Kier molecular flexibility index (Phi) is 4.84. The Balaban J connectivity index is 2.49. The van der Waals surface area contributed by atoms with Gasteiger partial charge in [0.25, 0.3) is 0 Å². The van der Waals surface area contributed by atoms with Crippen molar-refractivity contribution in [3.8, 4) is 0 Å². The van der Waals surface area contributed by atoms with Crippen LogP contribution in [-0.4, -0.2) is 0 Å². The van der Waals surface area contributed by atoms with Crippen molar-refractivity contribution in [2.24, 2.45) is 0 Å². The van der Waals surface area contributed by atoms with Crippen molar-refractivity contribution >= 4 is 6.08 Å². The molecule has 1 aromatic heterocycles. The highest BCUT2D eigenvalue weighted by atomic mass is 16.3. The van der Waals surface area contributed by atoms with Crippen molar-refractivity contribution in [2.75, 3.05) is 0 Å². The van der Waals surface area contributed by atoms with Gasteiger partial charge < -0.3 is 4.42 Å². The van der Waals surface area contributed by atoms with Crippen LogP contribution in [0.4, 0.5) is 0 Å². The maximum atomic E-state index is 5.38. The Morgan fingerprint density at radius 2 is 2.19 bits per heavy atom. The molecule has 0 spiro atoms. The van der Waals surface area contributed by atoms with Crippen molar-refractivity contribution < 1.29 is 4.42 Å². The summed E-state index contributed by atoms with van der Waals surface area (Å²) in [4.78, 5) is 0. The van der Waals surface area contributed by atoms with Crippen molar-refractivity contribution in [1.29, 1.82) is 0 Å². The fourth-order valence-electron chi connectivity index (χ4n) is 1.45. The fraction of sp³-hybridized carbons (Fsp3) is 0.333. The molecule has 0 atom stereocenters. The summed E-state index contributed by atoms with van der Waals surface area (Å²) in [5.74, 6) is 0.944. The van der Waals surface area contributed by atoms with Gasteiger partial charge in [-0.2, -0.15) is 0 Å². The topological polar surface area (TPSA) is 13.1 Å². The molecule has 0 aliphatic heterocycles. The van der Waals surface area contributed by atoms with Gasteiger partial charge in [-0.05, 0) is 51.3 Å². The Labute approximate surface area is 98.2 Å². The van der Waals surface area contributed by atoms with Crippen LogP contribution < -0.4 is 0 Å². The molecule has 0 fully saturated rings. The van der Waals surface area contributed by atoms with E-state index >= 15 is 0 Å². The standard InChI is InChI=1S/C15H20O/c1-5-12(2)7-6-8-13(3)9-15-10-14(4)11-16-15/h5,7,9-11H,1,6,8H2,2-4H3/b12-7-,13-9+. The van der Waals surface area contributed by atoms with E-state index in [9.17, 15) is 0 Å². The van der Waals surface area contributed by atoms with Gasteiger partial charge in [0.1, 0.15) is 5.76 Å². The molecule has 0 amide bonds. The fourth-order valence-corrected chi connectivity index (χ4v) is 1.45. The van der Waals surface area contributed by atoms with Crippen molar-refractivity contribution in [3.63, 3.8) is 0 Å². The van der Waals surface area contributed by atoms with Crippen molar-refractivity contribution in [2.45, 2.75) is 33.6 Å². The summed E-state index contributed by atoms with van der Waals surface area (Å²) in [6.45, 7) is 9.97. The lowest BCUT2D eigenvalue weighted by Gasteiger charge is -1.97. The third-order valence-electron chi connectivity index (χ3n) is 2.47. The minimum absolute atomic E-state index is 0.944. The lowest BCUT2D eigenvalue weighted by atomic mass is 10.1. The molecule has 1 heterocycles. The highest BCUT2D eigenvalue weighted by molar-refractivity contribution is 5.47. The Hall–Kier alpha value is -1.50. The molecule has 0 aromatic carbocycles. The van der Waals surface area contributed by atoms with Gasteiger partial charge in [-0.3, -0.25) is 0 Å². The van der Waals surface area contributed by atoms with Gasteiger partial charge in [-0.25, -0.2) is 0 Å². The SMILES string of the molecule is C=C/C(C)=C\CC/C(C)=C/c1cc(C)co1. The highest BCUT2D eigenvalue weighted by Gasteiger charge is 1.95. The molecule has 1 heteroatoms. The second kappa shape index (κ2) is 6.16. The molecule has 0 radical (unpaired) electrons. The molecule has 0 unspecified atom stereocenters.